The number of morpholine rings is 1. The monoisotopic (exact) mass is 463 g/mol. The SMILES string of the molecule is CCc1ccc(C(=O)N(C)C(C(N)=O)c2cccc(F)c2)cc1S(=O)(=O)N1CCOCC1. The highest BCUT2D eigenvalue weighted by atomic mass is 32.2. The highest BCUT2D eigenvalue weighted by Crippen LogP contribution is 2.26. The predicted molar refractivity (Wildman–Crippen MR) is 116 cm³/mol. The first-order chi connectivity index (χ1) is 15.2. The molecule has 8 nitrogen and oxygen atoms in total. The second-order valence-corrected chi connectivity index (χ2v) is 9.37. The third kappa shape index (κ3) is 4.82. The van der Waals surface area contributed by atoms with E-state index in [-0.39, 0.29) is 29.1 Å². The lowest BCUT2D eigenvalue weighted by Crippen LogP contribution is -2.41. The molecule has 0 aromatic heterocycles. The Bertz CT molecular complexity index is 1120. The zero-order valence-electron chi connectivity index (χ0n) is 18.0. The minimum atomic E-state index is -3.84. The van der Waals surface area contributed by atoms with E-state index in [0.29, 0.717) is 25.2 Å². The van der Waals surface area contributed by atoms with Crippen molar-refractivity contribution in [1.82, 2.24) is 9.21 Å². The number of nitrogens with two attached hydrogens (primary N) is 1. The number of ether oxygens (including phenoxy) is 1. The molecule has 1 saturated heterocycles. The summed E-state index contributed by atoms with van der Waals surface area (Å²) in [5.74, 6) is -2.02. The van der Waals surface area contributed by atoms with E-state index in [1.54, 1.807) is 6.07 Å². The van der Waals surface area contributed by atoms with E-state index in [4.69, 9.17) is 10.5 Å². The molecule has 0 radical (unpaired) electrons. The minimum absolute atomic E-state index is 0.0440. The van der Waals surface area contributed by atoms with Crippen LogP contribution in [-0.2, 0) is 26.0 Å². The third-order valence-electron chi connectivity index (χ3n) is 5.42. The summed E-state index contributed by atoms with van der Waals surface area (Å²) in [6.45, 7) is 2.89. The number of carbonyl (C=O) groups excluding carboxylic acids is 2. The van der Waals surface area contributed by atoms with E-state index < -0.39 is 33.7 Å². The highest BCUT2D eigenvalue weighted by molar-refractivity contribution is 7.89. The molecule has 1 fully saturated rings. The summed E-state index contributed by atoms with van der Waals surface area (Å²) in [4.78, 5) is 26.4. The average Bonchev–Trinajstić information content (AvgIpc) is 2.78. The lowest BCUT2D eigenvalue weighted by molar-refractivity contribution is -0.122. The molecular formula is C22H26FN3O5S. The van der Waals surface area contributed by atoms with Gasteiger partial charge in [-0.15, -0.1) is 0 Å². The molecule has 1 atom stereocenters. The molecule has 0 aliphatic carbocycles. The van der Waals surface area contributed by atoms with E-state index >= 15 is 0 Å². The molecule has 2 aromatic rings. The van der Waals surface area contributed by atoms with Crippen LogP contribution in [0.1, 0.15) is 34.5 Å². The van der Waals surface area contributed by atoms with Gasteiger partial charge in [-0.2, -0.15) is 4.31 Å². The first-order valence-electron chi connectivity index (χ1n) is 10.2. The largest absolute Gasteiger partial charge is 0.379 e. The molecule has 1 heterocycles. The molecule has 1 unspecified atom stereocenters. The molecule has 0 saturated carbocycles. The maximum absolute atomic E-state index is 13.7. The van der Waals surface area contributed by atoms with Crippen LogP contribution in [0.5, 0.6) is 0 Å². The van der Waals surface area contributed by atoms with Crippen LogP contribution >= 0.6 is 0 Å². The lowest BCUT2D eigenvalue weighted by atomic mass is 10.0. The van der Waals surface area contributed by atoms with Crippen molar-refractivity contribution in [3.8, 4) is 0 Å². The number of halogens is 1. The number of hydrogen-bond donors (Lipinski definition) is 1. The number of nitrogens with zero attached hydrogens (tertiary/aromatic N) is 2. The average molecular weight is 464 g/mol. The van der Waals surface area contributed by atoms with Crippen molar-refractivity contribution in [1.29, 1.82) is 0 Å². The van der Waals surface area contributed by atoms with Gasteiger partial charge < -0.3 is 15.4 Å². The Morgan fingerprint density at radius 2 is 1.88 bits per heavy atom. The molecule has 2 aromatic carbocycles. The maximum Gasteiger partial charge on any atom is 0.254 e. The molecule has 2 N–H and O–H groups in total. The molecule has 0 spiro atoms. The van der Waals surface area contributed by atoms with Gasteiger partial charge in [0.1, 0.15) is 11.9 Å². The number of benzene rings is 2. The zero-order valence-corrected chi connectivity index (χ0v) is 18.8. The Balaban J connectivity index is 1.99. The van der Waals surface area contributed by atoms with Gasteiger partial charge in [-0.3, -0.25) is 9.59 Å². The van der Waals surface area contributed by atoms with Crippen molar-refractivity contribution < 1.29 is 27.1 Å². The van der Waals surface area contributed by atoms with Crippen LogP contribution in [0.2, 0.25) is 0 Å². The molecule has 3 rings (SSSR count). The van der Waals surface area contributed by atoms with E-state index in [0.717, 1.165) is 11.0 Å². The number of primary amides is 1. The number of hydrogen-bond acceptors (Lipinski definition) is 5. The normalized spacial score (nSPS) is 15.8. The number of rotatable bonds is 7. The number of amides is 2. The number of likely N-dealkylation sites (N-methyl/N-ethyl adjacent to an activating group) is 1. The molecule has 10 heteroatoms. The second-order valence-electron chi connectivity index (χ2n) is 7.47. The molecule has 0 bridgehead atoms. The zero-order chi connectivity index (χ0) is 23.5. The van der Waals surface area contributed by atoms with Crippen molar-refractivity contribution in [3.05, 3.63) is 65.0 Å². The third-order valence-corrected chi connectivity index (χ3v) is 7.41. The Labute approximate surface area is 186 Å². The summed E-state index contributed by atoms with van der Waals surface area (Å²) < 4.78 is 46.7. The Morgan fingerprint density at radius 3 is 2.47 bits per heavy atom. The van der Waals surface area contributed by atoms with Gasteiger partial charge in [0.05, 0.1) is 18.1 Å². The Hall–Kier alpha value is -2.82. The van der Waals surface area contributed by atoms with Crippen molar-refractivity contribution >= 4 is 21.8 Å². The fraction of sp³-hybridized carbons (Fsp3) is 0.364. The molecular weight excluding hydrogens is 437 g/mol. The fourth-order valence-corrected chi connectivity index (χ4v) is 5.45. The van der Waals surface area contributed by atoms with Gasteiger partial charge in [-0.1, -0.05) is 25.1 Å². The van der Waals surface area contributed by atoms with E-state index in [1.165, 1.54) is 41.7 Å². The smallest absolute Gasteiger partial charge is 0.254 e. The van der Waals surface area contributed by atoms with Crippen LogP contribution in [-0.4, -0.2) is 62.8 Å². The van der Waals surface area contributed by atoms with Crippen LogP contribution < -0.4 is 5.73 Å². The Morgan fingerprint density at radius 1 is 1.19 bits per heavy atom. The van der Waals surface area contributed by atoms with E-state index in [1.807, 2.05) is 6.92 Å². The number of carbonyl (C=O) groups is 2. The van der Waals surface area contributed by atoms with Gasteiger partial charge in [0.25, 0.3) is 5.91 Å². The number of aryl methyl sites for hydroxylation is 1. The Kier molecular flexibility index (Phi) is 7.27. The van der Waals surface area contributed by atoms with Gasteiger partial charge in [0.2, 0.25) is 15.9 Å². The van der Waals surface area contributed by atoms with Crippen molar-refractivity contribution in [2.45, 2.75) is 24.3 Å². The summed E-state index contributed by atoms with van der Waals surface area (Å²) in [5, 5.41) is 0. The summed E-state index contributed by atoms with van der Waals surface area (Å²) in [6, 6.07) is 8.48. The summed E-state index contributed by atoms with van der Waals surface area (Å²) in [5.41, 5.74) is 6.39. The fourth-order valence-electron chi connectivity index (χ4n) is 3.72. The standard InChI is InChI=1S/C22H26FN3O5S/c1-3-15-7-8-17(14-19(15)32(29,30)26-9-11-31-12-10-26)22(28)25(2)20(21(24)27)16-5-4-6-18(23)13-16/h4-8,13-14,20H,3,9-12H2,1-2H3,(H2,24,27). The topological polar surface area (TPSA) is 110 Å². The molecule has 32 heavy (non-hydrogen) atoms. The van der Waals surface area contributed by atoms with Crippen LogP contribution in [0, 0.1) is 5.82 Å². The number of sulfonamides is 1. The first-order valence-corrected chi connectivity index (χ1v) is 11.6. The van der Waals surface area contributed by atoms with Crippen molar-refractivity contribution in [2.24, 2.45) is 5.73 Å². The van der Waals surface area contributed by atoms with Crippen LogP contribution in [0.15, 0.2) is 47.4 Å². The van der Waals surface area contributed by atoms with Crippen LogP contribution in [0.4, 0.5) is 4.39 Å². The predicted octanol–water partition coefficient (Wildman–Crippen LogP) is 1.71. The van der Waals surface area contributed by atoms with Crippen molar-refractivity contribution in [3.63, 3.8) is 0 Å². The lowest BCUT2D eigenvalue weighted by Gasteiger charge is -2.28. The van der Waals surface area contributed by atoms with Crippen LogP contribution in [0.25, 0.3) is 0 Å². The van der Waals surface area contributed by atoms with Crippen LogP contribution in [0.3, 0.4) is 0 Å². The molecule has 172 valence electrons. The maximum atomic E-state index is 13.7. The van der Waals surface area contributed by atoms with E-state index in [9.17, 15) is 22.4 Å². The van der Waals surface area contributed by atoms with Crippen molar-refractivity contribution in [2.75, 3.05) is 33.4 Å². The summed E-state index contributed by atoms with van der Waals surface area (Å²) >= 11 is 0. The quantitative estimate of drug-likeness (QED) is 0.672. The van der Waals surface area contributed by atoms with Gasteiger partial charge in [0, 0.05) is 25.7 Å². The van der Waals surface area contributed by atoms with Gasteiger partial charge in [0.15, 0.2) is 0 Å². The van der Waals surface area contributed by atoms with Gasteiger partial charge >= 0.3 is 0 Å². The summed E-state index contributed by atoms with van der Waals surface area (Å²) in [7, 11) is -2.47. The molecule has 2 amide bonds. The molecule has 1 aliphatic rings. The second kappa shape index (κ2) is 9.76. The first kappa shape index (κ1) is 23.8. The van der Waals surface area contributed by atoms with Gasteiger partial charge in [-0.25, -0.2) is 12.8 Å². The van der Waals surface area contributed by atoms with Gasteiger partial charge in [-0.05, 0) is 41.8 Å². The minimum Gasteiger partial charge on any atom is -0.379 e. The highest BCUT2D eigenvalue weighted by Gasteiger charge is 2.31. The van der Waals surface area contributed by atoms with E-state index in [2.05, 4.69) is 0 Å². The summed E-state index contributed by atoms with van der Waals surface area (Å²) in [6.07, 6.45) is 0.455. The molecule has 1 aliphatic heterocycles.